The molecule has 1 aliphatic heterocycles. The van der Waals surface area contributed by atoms with E-state index >= 15 is 0 Å². The molecular weight excluding hydrogens is 164 g/mol. The molecule has 13 heavy (non-hydrogen) atoms. The summed E-state index contributed by atoms with van der Waals surface area (Å²) in [5.74, 6) is -1.18. The summed E-state index contributed by atoms with van der Waals surface area (Å²) in [4.78, 5) is 0. The van der Waals surface area contributed by atoms with Gasteiger partial charge in [-0.25, -0.2) is 0 Å². The minimum absolute atomic E-state index is 0.829. The van der Waals surface area contributed by atoms with Crippen LogP contribution in [0.15, 0.2) is 30.5 Å². The molecule has 0 aromatic heterocycles. The molecular formula is C11H12O2. The first-order chi connectivity index (χ1) is 6.11. The van der Waals surface area contributed by atoms with Crippen molar-refractivity contribution in [1.82, 2.24) is 0 Å². The van der Waals surface area contributed by atoms with Gasteiger partial charge < -0.3 is 9.84 Å². The van der Waals surface area contributed by atoms with E-state index < -0.39 is 5.79 Å². The zero-order valence-corrected chi connectivity index (χ0v) is 7.74. The molecule has 68 valence electrons. The first-order valence-electron chi connectivity index (χ1n) is 4.28. The highest BCUT2D eigenvalue weighted by molar-refractivity contribution is 5.67. The zero-order valence-electron chi connectivity index (χ0n) is 7.74. The molecule has 0 fully saturated rings. The van der Waals surface area contributed by atoms with Crippen LogP contribution >= 0.6 is 0 Å². The molecule has 1 aromatic rings. The van der Waals surface area contributed by atoms with Gasteiger partial charge >= 0.3 is 0 Å². The highest BCUT2D eigenvalue weighted by Crippen LogP contribution is 2.34. The van der Waals surface area contributed by atoms with E-state index in [2.05, 4.69) is 0 Å². The lowest BCUT2D eigenvalue weighted by molar-refractivity contribution is -0.161. The van der Waals surface area contributed by atoms with Gasteiger partial charge in [0.1, 0.15) is 0 Å². The minimum Gasteiger partial charge on any atom is -0.466 e. The van der Waals surface area contributed by atoms with Crippen molar-refractivity contribution in [2.45, 2.75) is 19.6 Å². The molecule has 1 atom stereocenters. The van der Waals surface area contributed by atoms with Crippen molar-refractivity contribution >= 4 is 5.57 Å². The van der Waals surface area contributed by atoms with Crippen LogP contribution in [-0.4, -0.2) is 5.11 Å². The van der Waals surface area contributed by atoms with Gasteiger partial charge in [0.15, 0.2) is 0 Å². The third-order valence-electron chi connectivity index (χ3n) is 2.32. The van der Waals surface area contributed by atoms with Crippen molar-refractivity contribution in [2.75, 3.05) is 0 Å². The largest absolute Gasteiger partial charge is 0.466 e. The summed E-state index contributed by atoms with van der Waals surface area (Å²) in [7, 11) is 0. The van der Waals surface area contributed by atoms with Crippen LogP contribution < -0.4 is 0 Å². The van der Waals surface area contributed by atoms with Crippen molar-refractivity contribution in [3.05, 3.63) is 41.7 Å². The molecule has 1 heterocycles. The van der Waals surface area contributed by atoms with Crippen LogP contribution in [0.5, 0.6) is 0 Å². The Balaban J connectivity index is 2.64. The van der Waals surface area contributed by atoms with E-state index in [9.17, 15) is 5.11 Å². The number of hydrogen-bond acceptors (Lipinski definition) is 2. The summed E-state index contributed by atoms with van der Waals surface area (Å²) in [6.07, 6.45) is 1.60. The number of hydrogen-bond donors (Lipinski definition) is 1. The van der Waals surface area contributed by atoms with Gasteiger partial charge in [0.2, 0.25) is 5.79 Å². The number of rotatable bonds is 0. The van der Waals surface area contributed by atoms with Crippen LogP contribution in [0.2, 0.25) is 0 Å². The summed E-state index contributed by atoms with van der Waals surface area (Å²) < 4.78 is 5.20. The number of aliphatic hydroxyl groups is 1. The molecule has 1 N–H and O–H groups in total. The van der Waals surface area contributed by atoms with Crippen LogP contribution in [0.25, 0.3) is 5.57 Å². The van der Waals surface area contributed by atoms with Crippen molar-refractivity contribution in [1.29, 1.82) is 0 Å². The van der Waals surface area contributed by atoms with Crippen LogP contribution in [-0.2, 0) is 10.5 Å². The predicted octanol–water partition coefficient (Wildman–Crippen LogP) is 2.24. The van der Waals surface area contributed by atoms with Crippen molar-refractivity contribution < 1.29 is 9.84 Å². The SMILES string of the molecule is CC1=COC(C)(O)c2ccccc21. The standard InChI is InChI=1S/C11H12O2/c1-8-7-13-11(2,12)10-6-4-3-5-9(8)10/h3-7,12H,1-2H3. The molecule has 1 aliphatic rings. The first kappa shape index (κ1) is 8.32. The van der Waals surface area contributed by atoms with Gasteiger partial charge in [-0.15, -0.1) is 0 Å². The van der Waals surface area contributed by atoms with Crippen LogP contribution in [0, 0.1) is 0 Å². The van der Waals surface area contributed by atoms with Gasteiger partial charge in [-0.05, 0) is 18.1 Å². The summed E-state index contributed by atoms with van der Waals surface area (Å²) in [5.41, 5.74) is 2.93. The molecule has 0 radical (unpaired) electrons. The van der Waals surface area contributed by atoms with E-state index in [0.717, 1.165) is 16.7 Å². The molecule has 2 heteroatoms. The fourth-order valence-corrected chi connectivity index (χ4v) is 1.56. The van der Waals surface area contributed by atoms with Gasteiger partial charge in [-0.3, -0.25) is 0 Å². The van der Waals surface area contributed by atoms with Crippen LogP contribution in [0.3, 0.4) is 0 Å². The molecule has 0 saturated carbocycles. The fraction of sp³-hybridized carbons (Fsp3) is 0.273. The molecule has 0 amide bonds. The lowest BCUT2D eigenvalue weighted by atomic mass is 9.94. The van der Waals surface area contributed by atoms with Gasteiger partial charge in [0.25, 0.3) is 0 Å². The molecule has 0 saturated heterocycles. The maximum absolute atomic E-state index is 9.88. The van der Waals surface area contributed by atoms with Crippen molar-refractivity contribution in [3.8, 4) is 0 Å². The van der Waals surface area contributed by atoms with E-state index in [0.29, 0.717) is 0 Å². The molecule has 1 unspecified atom stereocenters. The highest BCUT2D eigenvalue weighted by atomic mass is 16.6. The Morgan fingerprint density at radius 3 is 2.69 bits per heavy atom. The van der Waals surface area contributed by atoms with Gasteiger partial charge in [-0.1, -0.05) is 24.3 Å². The Bertz CT molecular complexity index is 364. The average Bonchev–Trinajstić information content (AvgIpc) is 2.13. The number of fused-ring (bicyclic) bond motifs is 1. The van der Waals surface area contributed by atoms with E-state index in [1.807, 2.05) is 31.2 Å². The third-order valence-corrected chi connectivity index (χ3v) is 2.32. The van der Waals surface area contributed by atoms with Crippen LogP contribution in [0.1, 0.15) is 25.0 Å². The molecule has 2 rings (SSSR count). The molecule has 2 nitrogen and oxygen atoms in total. The second kappa shape index (κ2) is 2.60. The van der Waals surface area contributed by atoms with Crippen molar-refractivity contribution in [2.24, 2.45) is 0 Å². The molecule has 0 aliphatic carbocycles. The third kappa shape index (κ3) is 1.23. The van der Waals surface area contributed by atoms with Gasteiger partial charge in [-0.2, -0.15) is 0 Å². The van der Waals surface area contributed by atoms with Gasteiger partial charge in [0.05, 0.1) is 6.26 Å². The fourth-order valence-electron chi connectivity index (χ4n) is 1.56. The Hall–Kier alpha value is -1.28. The molecule has 0 bridgehead atoms. The lowest BCUT2D eigenvalue weighted by Crippen LogP contribution is -2.26. The highest BCUT2D eigenvalue weighted by Gasteiger charge is 2.30. The Morgan fingerprint density at radius 2 is 2.00 bits per heavy atom. The number of allylic oxidation sites excluding steroid dienone is 1. The zero-order chi connectivity index (χ0) is 9.47. The monoisotopic (exact) mass is 176 g/mol. The number of benzene rings is 1. The summed E-state index contributed by atoms with van der Waals surface area (Å²) in [6.45, 7) is 3.61. The molecule has 1 aromatic carbocycles. The van der Waals surface area contributed by atoms with E-state index in [1.165, 1.54) is 0 Å². The summed E-state index contributed by atoms with van der Waals surface area (Å²) in [6, 6.07) is 7.72. The van der Waals surface area contributed by atoms with Gasteiger partial charge in [0, 0.05) is 12.5 Å². The summed E-state index contributed by atoms with van der Waals surface area (Å²) in [5, 5.41) is 9.88. The second-order valence-electron chi connectivity index (χ2n) is 3.45. The van der Waals surface area contributed by atoms with Crippen LogP contribution in [0.4, 0.5) is 0 Å². The second-order valence-corrected chi connectivity index (χ2v) is 3.45. The van der Waals surface area contributed by atoms with E-state index in [1.54, 1.807) is 13.2 Å². The smallest absolute Gasteiger partial charge is 0.231 e. The minimum atomic E-state index is -1.18. The Morgan fingerprint density at radius 1 is 1.31 bits per heavy atom. The first-order valence-corrected chi connectivity index (χ1v) is 4.28. The normalized spacial score (nSPS) is 25.9. The van der Waals surface area contributed by atoms with E-state index in [-0.39, 0.29) is 0 Å². The summed E-state index contributed by atoms with van der Waals surface area (Å²) >= 11 is 0. The molecule has 0 spiro atoms. The topological polar surface area (TPSA) is 29.5 Å². The van der Waals surface area contributed by atoms with E-state index in [4.69, 9.17) is 4.74 Å². The van der Waals surface area contributed by atoms with Crippen molar-refractivity contribution in [3.63, 3.8) is 0 Å². The Kier molecular flexibility index (Phi) is 1.67. The Labute approximate surface area is 77.5 Å². The predicted molar refractivity (Wildman–Crippen MR) is 50.7 cm³/mol. The number of ether oxygens (including phenoxy) is 1. The lowest BCUT2D eigenvalue weighted by Gasteiger charge is -2.29. The quantitative estimate of drug-likeness (QED) is 0.657. The maximum Gasteiger partial charge on any atom is 0.231 e. The maximum atomic E-state index is 9.88. The average molecular weight is 176 g/mol.